The third-order valence-corrected chi connectivity index (χ3v) is 5.69. The Morgan fingerprint density at radius 2 is 1.76 bits per heavy atom. The number of ether oxygens (including phenoxy) is 1. The van der Waals surface area contributed by atoms with E-state index in [1.165, 1.54) is 18.2 Å². The Kier molecular flexibility index (Phi) is 5.99. The minimum absolute atomic E-state index is 0.368. The maximum absolute atomic E-state index is 13.5. The van der Waals surface area contributed by atoms with Gasteiger partial charge in [0.2, 0.25) is 5.91 Å². The quantitative estimate of drug-likeness (QED) is 0.582. The van der Waals surface area contributed by atoms with E-state index in [1.807, 2.05) is 30.3 Å². The van der Waals surface area contributed by atoms with Crippen molar-refractivity contribution in [2.45, 2.75) is 31.6 Å². The van der Waals surface area contributed by atoms with Crippen molar-refractivity contribution >= 4 is 11.5 Å². The Labute approximate surface area is 191 Å². The number of carbonyl (C=O) groups excluding carboxylic acids is 1. The third-order valence-electron chi connectivity index (χ3n) is 5.69. The van der Waals surface area contributed by atoms with Gasteiger partial charge in [0.25, 0.3) is 0 Å². The van der Waals surface area contributed by atoms with E-state index in [0.717, 1.165) is 5.56 Å². The molecule has 1 aliphatic rings. The SMILES string of the molecule is CC1(C)Oc2ccc(C#N)cc2[C@H](NC(=O)C=C(c2ccccc2)c2ccc(F)cc2)[C@H]1O. The number of benzene rings is 3. The molecule has 0 aromatic heterocycles. The smallest absolute Gasteiger partial charge is 0.245 e. The Morgan fingerprint density at radius 1 is 1.09 bits per heavy atom. The molecule has 0 radical (unpaired) electrons. The third kappa shape index (κ3) is 4.64. The van der Waals surface area contributed by atoms with E-state index in [1.54, 1.807) is 44.2 Å². The molecule has 33 heavy (non-hydrogen) atoms. The van der Waals surface area contributed by atoms with E-state index in [9.17, 15) is 19.6 Å². The zero-order valence-corrected chi connectivity index (χ0v) is 18.2. The van der Waals surface area contributed by atoms with Crippen LogP contribution >= 0.6 is 0 Å². The lowest BCUT2D eigenvalue weighted by Crippen LogP contribution is -2.53. The molecule has 0 aliphatic carbocycles. The number of amides is 1. The summed E-state index contributed by atoms with van der Waals surface area (Å²) in [5.74, 6) is -0.304. The van der Waals surface area contributed by atoms with Crippen LogP contribution in [0.5, 0.6) is 5.75 Å². The lowest BCUT2D eigenvalue weighted by molar-refractivity contribution is -0.121. The van der Waals surface area contributed by atoms with Gasteiger partial charge < -0.3 is 15.2 Å². The Bertz CT molecular complexity index is 1240. The van der Waals surface area contributed by atoms with E-state index in [4.69, 9.17) is 4.74 Å². The predicted octanol–water partition coefficient (Wildman–Crippen LogP) is 4.52. The van der Waals surface area contributed by atoms with Gasteiger partial charge in [-0.25, -0.2) is 4.39 Å². The standard InChI is InChI=1S/C27H23FN2O3/c1-27(2)26(32)25(22-14-17(16-29)8-13-23(22)33-27)30-24(31)15-21(18-6-4-3-5-7-18)19-9-11-20(28)12-10-19/h3-15,25-26,32H,1-2H3,(H,30,31)/t25-,26+/m0/s1. The van der Waals surface area contributed by atoms with Crippen molar-refractivity contribution in [3.8, 4) is 11.8 Å². The molecule has 1 heterocycles. The highest BCUT2D eigenvalue weighted by atomic mass is 19.1. The lowest BCUT2D eigenvalue weighted by atomic mass is 9.86. The molecular formula is C27H23FN2O3. The first-order chi connectivity index (χ1) is 15.8. The summed E-state index contributed by atoms with van der Waals surface area (Å²) in [6.07, 6.45) is 0.383. The fraction of sp³-hybridized carbons (Fsp3) is 0.185. The molecule has 0 spiro atoms. The zero-order valence-electron chi connectivity index (χ0n) is 18.2. The van der Waals surface area contributed by atoms with Crippen LogP contribution in [0.25, 0.3) is 5.57 Å². The number of hydrogen-bond donors (Lipinski definition) is 2. The van der Waals surface area contributed by atoms with Crippen molar-refractivity contribution in [1.29, 1.82) is 5.26 Å². The minimum Gasteiger partial charge on any atom is -0.485 e. The normalized spacial score (nSPS) is 19.1. The van der Waals surface area contributed by atoms with Crippen LogP contribution in [0.2, 0.25) is 0 Å². The van der Waals surface area contributed by atoms with Gasteiger partial charge in [0.05, 0.1) is 17.7 Å². The van der Waals surface area contributed by atoms with Crippen molar-refractivity contribution in [2.24, 2.45) is 0 Å². The van der Waals surface area contributed by atoms with Crippen LogP contribution in [0.1, 0.15) is 42.1 Å². The van der Waals surface area contributed by atoms with Crippen molar-refractivity contribution in [2.75, 3.05) is 0 Å². The van der Waals surface area contributed by atoms with Crippen LogP contribution in [-0.4, -0.2) is 22.7 Å². The van der Waals surface area contributed by atoms with E-state index in [0.29, 0.717) is 28.0 Å². The molecule has 2 N–H and O–H groups in total. The number of rotatable bonds is 4. The number of hydrogen-bond acceptors (Lipinski definition) is 4. The maximum Gasteiger partial charge on any atom is 0.245 e. The molecule has 1 amide bonds. The average Bonchev–Trinajstić information content (AvgIpc) is 2.81. The first-order valence-electron chi connectivity index (χ1n) is 10.5. The van der Waals surface area contributed by atoms with Crippen molar-refractivity contribution in [1.82, 2.24) is 5.32 Å². The van der Waals surface area contributed by atoms with Gasteiger partial charge in [0.1, 0.15) is 23.3 Å². The summed E-state index contributed by atoms with van der Waals surface area (Å²) < 4.78 is 19.4. The number of nitrogens with one attached hydrogen (secondary N) is 1. The van der Waals surface area contributed by atoms with Gasteiger partial charge in [-0.15, -0.1) is 0 Å². The number of nitriles is 1. The molecule has 0 saturated carbocycles. The van der Waals surface area contributed by atoms with E-state index < -0.39 is 23.7 Å². The first kappa shape index (κ1) is 22.3. The largest absolute Gasteiger partial charge is 0.485 e. The summed E-state index contributed by atoms with van der Waals surface area (Å²) in [7, 11) is 0. The molecule has 0 saturated heterocycles. The van der Waals surface area contributed by atoms with Crippen molar-refractivity contribution in [3.05, 3.63) is 107 Å². The molecule has 0 bridgehead atoms. The fourth-order valence-electron chi connectivity index (χ4n) is 3.93. The number of fused-ring (bicyclic) bond motifs is 1. The second-order valence-corrected chi connectivity index (χ2v) is 8.43. The number of carbonyl (C=O) groups is 1. The van der Waals surface area contributed by atoms with E-state index in [2.05, 4.69) is 11.4 Å². The van der Waals surface area contributed by atoms with Gasteiger partial charge in [-0.2, -0.15) is 5.26 Å². The summed E-state index contributed by atoms with van der Waals surface area (Å²) in [5.41, 5.74) is 2.06. The number of aliphatic hydroxyl groups is 1. The topological polar surface area (TPSA) is 82.3 Å². The Balaban J connectivity index is 1.72. The van der Waals surface area contributed by atoms with Gasteiger partial charge in [-0.1, -0.05) is 42.5 Å². The summed E-state index contributed by atoms with van der Waals surface area (Å²) >= 11 is 0. The van der Waals surface area contributed by atoms with Crippen LogP contribution in [0.4, 0.5) is 4.39 Å². The molecule has 4 rings (SSSR count). The van der Waals surface area contributed by atoms with E-state index >= 15 is 0 Å². The van der Waals surface area contributed by atoms with E-state index in [-0.39, 0.29) is 5.82 Å². The molecule has 0 fully saturated rings. The fourth-order valence-corrected chi connectivity index (χ4v) is 3.93. The molecule has 166 valence electrons. The maximum atomic E-state index is 13.5. The molecule has 3 aromatic carbocycles. The molecule has 3 aromatic rings. The minimum atomic E-state index is -1.05. The van der Waals surface area contributed by atoms with Gasteiger partial charge in [-0.3, -0.25) is 4.79 Å². The number of halogens is 1. The highest BCUT2D eigenvalue weighted by molar-refractivity contribution is 5.99. The molecular weight excluding hydrogens is 419 g/mol. The van der Waals surface area contributed by atoms with Crippen LogP contribution in [0.3, 0.4) is 0 Å². The van der Waals surface area contributed by atoms with Gasteiger partial charge in [0.15, 0.2) is 0 Å². The lowest BCUT2D eigenvalue weighted by Gasteiger charge is -2.42. The molecule has 0 unspecified atom stereocenters. The molecule has 2 atom stereocenters. The first-order valence-corrected chi connectivity index (χ1v) is 10.5. The van der Waals surface area contributed by atoms with Crippen LogP contribution in [0, 0.1) is 17.1 Å². The molecule has 6 heteroatoms. The van der Waals surface area contributed by atoms with Crippen molar-refractivity contribution in [3.63, 3.8) is 0 Å². The zero-order chi connectivity index (χ0) is 23.6. The summed E-state index contributed by atoms with van der Waals surface area (Å²) in [6.45, 7) is 3.48. The summed E-state index contributed by atoms with van der Waals surface area (Å²) in [4.78, 5) is 13.2. The highest BCUT2D eigenvalue weighted by Crippen LogP contribution is 2.40. The molecule has 5 nitrogen and oxygen atoms in total. The van der Waals surface area contributed by atoms with Gasteiger partial charge in [0, 0.05) is 11.6 Å². The van der Waals surface area contributed by atoms with Gasteiger partial charge in [-0.05, 0) is 60.9 Å². The van der Waals surface area contributed by atoms with Crippen molar-refractivity contribution < 1.29 is 19.0 Å². The molecule has 1 aliphatic heterocycles. The second-order valence-electron chi connectivity index (χ2n) is 8.43. The van der Waals surface area contributed by atoms with Gasteiger partial charge >= 0.3 is 0 Å². The number of aliphatic hydroxyl groups excluding tert-OH is 1. The second kappa shape index (κ2) is 8.89. The highest BCUT2D eigenvalue weighted by Gasteiger charge is 2.43. The predicted molar refractivity (Wildman–Crippen MR) is 123 cm³/mol. The van der Waals surface area contributed by atoms with Crippen LogP contribution < -0.4 is 10.1 Å². The summed E-state index contributed by atoms with van der Waals surface area (Å²) in [5, 5.41) is 23.1. The average molecular weight is 442 g/mol. The monoisotopic (exact) mass is 442 g/mol. The number of nitrogens with zero attached hydrogens (tertiary/aromatic N) is 1. The summed E-state index contributed by atoms with van der Waals surface area (Å²) in [6, 6.07) is 21.4. The van der Waals surface area contributed by atoms with Crippen LogP contribution in [0.15, 0.2) is 78.9 Å². The Hall–Kier alpha value is -3.95. The Morgan fingerprint density at radius 3 is 2.42 bits per heavy atom. The van der Waals surface area contributed by atoms with Crippen LogP contribution in [-0.2, 0) is 4.79 Å².